The monoisotopic (exact) mass is 269 g/mol. The summed E-state index contributed by atoms with van der Waals surface area (Å²) in [6.45, 7) is 5.39. The normalized spacial score (nSPS) is 12.3. The third-order valence-corrected chi connectivity index (χ3v) is 4.02. The molecule has 1 unspecified atom stereocenters. The van der Waals surface area contributed by atoms with Gasteiger partial charge in [0.1, 0.15) is 4.88 Å². The highest BCUT2D eigenvalue weighted by atomic mass is 32.1. The molecule has 0 fully saturated rings. The minimum atomic E-state index is -0.847. The molecular formula is C14H23NO2S. The van der Waals surface area contributed by atoms with Crippen LogP contribution in [0.15, 0.2) is 12.1 Å². The average molecular weight is 269 g/mol. The largest absolute Gasteiger partial charge is 0.477 e. The maximum atomic E-state index is 10.7. The van der Waals surface area contributed by atoms with Gasteiger partial charge >= 0.3 is 5.97 Å². The van der Waals surface area contributed by atoms with Gasteiger partial charge in [-0.05, 0) is 24.5 Å². The van der Waals surface area contributed by atoms with Crippen LogP contribution in [0.25, 0.3) is 0 Å². The van der Waals surface area contributed by atoms with Gasteiger partial charge in [0, 0.05) is 6.54 Å². The lowest BCUT2D eigenvalue weighted by Gasteiger charge is -2.12. The van der Waals surface area contributed by atoms with Gasteiger partial charge in [-0.1, -0.05) is 39.5 Å². The Labute approximate surface area is 113 Å². The zero-order chi connectivity index (χ0) is 13.4. The van der Waals surface area contributed by atoms with Gasteiger partial charge in [-0.2, -0.15) is 0 Å². The third kappa shape index (κ3) is 5.54. The summed E-state index contributed by atoms with van der Waals surface area (Å²) in [5, 5.41) is 13.1. The SMILES string of the molecule is CCCCCCC(C)CNc1ccc(C(=O)O)s1. The number of nitrogens with one attached hydrogen (secondary N) is 1. The maximum Gasteiger partial charge on any atom is 0.345 e. The number of rotatable bonds is 9. The molecule has 0 aliphatic rings. The summed E-state index contributed by atoms with van der Waals surface area (Å²) in [6.07, 6.45) is 6.46. The van der Waals surface area contributed by atoms with Gasteiger partial charge in [-0.25, -0.2) is 4.79 Å². The Bertz CT molecular complexity index is 362. The van der Waals surface area contributed by atoms with Crippen molar-refractivity contribution in [2.24, 2.45) is 5.92 Å². The fourth-order valence-electron chi connectivity index (χ4n) is 1.84. The molecule has 0 spiro atoms. The van der Waals surface area contributed by atoms with Crippen molar-refractivity contribution in [2.45, 2.75) is 46.0 Å². The Morgan fingerprint density at radius 2 is 2.17 bits per heavy atom. The number of anilines is 1. The van der Waals surface area contributed by atoms with Crippen molar-refractivity contribution in [3.8, 4) is 0 Å². The van der Waals surface area contributed by atoms with Crippen LogP contribution in [-0.2, 0) is 0 Å². The Morgan fingerprint density at radius 1 is 1.39 bits per heavy atom. The van der Waals surface area contributed by atoms with Crippen LogP contribution in [0.1, 0.15) is 55.6 Å². The fraction of sp³-hybridized carbons (Fsp3) is 0.643. The van der Waals surface area contributed by atoms with E-state index < -0.39 is 5.97 Å². The first-order valence-corrected chi connectivity index (χ1v) is 7.52. The van der Waals surface area contributed by atoms with E-state index in [1.165, 1.54) is 43.4 Å². The molecule has 1 heterocycles. The van der Waals surface area contributed by atoms with Gasteiger partial charge in [0.2, 0.25) is 0 Å². The molecule has 102 valence electrons. The molecule has 0 radical (unpaired) electrons. The van der Waals surface area contributed by atoms with E-state index in [1.54, 1.807) is 6.07 Å². The van der Waals surface area contributed by atoms with E-state index in [1.807, 2.05) is 6.07 Å². The second-order valence-corrected chi connectivity index (χ2v) is 5.89. The number of carbonyl (C=O) groups is 1. The zero-order valence-electron chi connectivity index (χ0n) is 11.2. The highest BCUT2D eigenvalue weighted by molar-refractivity contribution is 7.17. The molecule has 1 rings (SSSR count). The summed E-state index contributed by atoms with van der Waals surface area (Å²) in [5.41, 5.74) is 0. The van der Waals surface area contributed by atoms with Crippen molar-refractivity contribution >= 4 is 22.3 Å². The van der Waals surface area contributed by atoms with Crippen LogP contribution in [0, 0.1) is 5.92 Å². The smallest absolute Gasteiger partial charge is 0.345 e. The molecule has 1 atom stereocenters. The Morgan fingerprint density at radius 3 is 2.78 bits per heavy atom. The molecule has 0 saturated carbocycles. The van der Waals surface area contributed by atoms with Gasteiger partial charge in [0.25, 0.3) is 0 Å². The number of carboxylic acids is 1. The number of hydrogen-bond donors (Lipinski definition) is 2. The fourth-order valence-corrected chi connectivity index (χ4v) is 2.60. The molecule has 3 nitrogen and oxygen atoms in total. The van der Waals surface area contributed by atoms with Gasteiger partial charge < -0.3 is 10.4 Å². The van der Waals surface area contributed by atoms with Crippen molar-refractivity contribution in [1.82, 2.24) is 0 Å². The first kappa shape index (κ1) is 15.0. The molecule has 18 heavy (non-hydrogen) atoms. The second kappa shape index (κ2) is 8.14. The van der Waals surface area contributed by atoms with E-state index in [9.17, 15) is 4.79 Å². The lowest BCUT2D eigenvalue weighted by molar-refractivity contribution is 0.0702. The van der Waals surface area contributed by atoms with Crippen LogP contribution in [0.3, 0.4) is 0 Å². The van der Waals surface area contributed by atoms with Crippen LogP contribution < -0.4 is 5.32 Å². The molecule has 4 heteroatoms. The van der Waals surface area contributed by atoms with Crippen molar-refractivity contribution in [3.63, 3.8) is 0 Å². The van der Waals surface area contributed by atoms with Crippen LogP contribution in [0.4, 0.5) is 5.00 Å². The molecule has 0 saturated heterocycles. The summed E-state index contributed by atoms with van der Waals surface area (Å²) in [4.78, 5) is 11.1. The summed E-state index contributed by atoms with van der Waals surface area (Å²) < 4.78 is 0. The average Bonchev–Trinajstić information content (AvgIpc) is 2.81. The van der Waals surface area contributed by atoms with Gasteiger partial charge in [0.15, 0.2) is 0 Å². The Balaban J connectivity index is 2.20. The van der Waals surface area contributed by atoms with Crippen LogP contribution in [-0.4, -0.2) is 17.6 Å². The number of carboxylic acid groups (broad SMARTS) is 1. The van der Waals surface area contributed by atoms with Gasteiger partial charge in [0.05, 0.1) is 5.00 Å². The highest BCUT2D eigenvalue weighted by Crippen LogP contribution is 2.22. The lowest BCUT2D eigenvalue weighted by Crippen LogP contribution is -2.10. The number of hydrogen-bond acceptors (Lipinski definition) is 3. The van der Waals surface area contributed by atoms with Gasteiger partial charge in [-0.3, -0.25) is 0 Å². The molecule has 1 aromatic rings. The van der Waals surface area contributed by atoms with Crippen molar-refractivity contribution in [2.75, 3.05) is 11.9 Å². The first-order valence-electron chi connectivity index (χ1n) is 6.70. The van der Waals surface area contributed by atoms with E-state index >= 15 is 0 Å². The van der Waals surface area contributed by atoms with E-state index in [2.05, 4.69) is 19.2 Å². The molecule has 0 bridgehead atoms. The number of unbranched alkanes of at least 4 members (excludes halogenated alkanes) is 3. The van der Waals surface area contributed by atoms with E-state index in [0.29, 0.717) is 10.8 Å². The lowest BCUT2D eigenvalue weighted by atomic mass is 10.0. The van der Waals surface area contributed by atoms with Crippen LogP contribution in [0.5, 0.6) is 0 Å². The molecule has 2 N–H and O–H groups in total. The Hall–Kier alpha value is -1.03. The van der Waals surface area contributed by atoms with Gasteiger partial charge in [-0.15, -0.1) is 11.3 Å². The van der Waals surface area contributed by atoms with Crippen molar-refractivity contribution in [1.29, 1.82) is 0 Å². The topological polar surface area (TPSA) is 49.3 Å². The maximum absolute atomic E-state index is 10.7. The van der Waals surface area contributed by atoms with E-state index in [4.69, 9.17) is 5.11 Å². The molecule has 0 amide bonds. The summed E-state index contributed by atoms with van der Waals surface area (Å²) >= 11 is 1.30. The standard InChI is InChI=1S/C14H23NO2S/c1-3-4-5-6-7-11(2)10-15-13-9-8-12(18-13)14(16)17/h8-9,11,15H,3-7,10H2,1-2H3,(H,16,17). The predicted molar refractivity (Wildman–Crippen MR) is 77.7 cm³/mol. The molecule has 0 aliphatic carbocycles. The van der Waals surface area contributed by atoms with Crippen LogP contribution >= 0.6 is 11.3 Å². The van der Waals surface area contributed by atoms with E-state index in [-0.39, 0.29) is 0 Å². The summed E-state index contributed by atoms with van der Waals surface area (Å²) in [7, 11) is 0. The quantitative estimate of drug-likeness (QED) is 0.650. The van der Waals surface area contributed by atoms with Crippen molar-refractivity contribution < 1.29 is 9.90 Å². The molecule has 1 aromatic heterocycles. The first-order chi connectivity index (χ1) is 8.63. The summed E-state index contributed by atoms with van der Waals surface area (Å²) in [5.74, 6) is -0.210. The van der Waals surface area contributed by atoms with Crippen molar-refractivity contribution in [3.05, 3.63) is 17.0 Å². The van der Waals surface area contributed by atoms with Crippen LogP contribution in [0.2, 0.25) is 0 Å². The van der Waals surface area contributed by atoms with E-state index in [0.717, 1.165) is 11.5 Å². The molecular weight excluding hydrogens is 246 g/mol. The second-order valence-electron chi connectivity index (χ2n) is 4.80. The number of thiophene rings is 1. The highest BCUT2D eigenvalue weighted by Gasteiger charge is 2.07. The molecule has 0 aromatic carbocycles. The minimum absolute atomic E-state index is 0.396. The molecule has 0 aliphatic heterocycles. The minimum Gasteiger partial charge on any atom is -0.477 e. The predicted octanol–water partition coefficient (Wildman–Crippen LogP) is 4.46. The zero-order valence-corrected chi connectivity index (χ0v) is 12.1. The number of aromatic carboxylic acids is 1. The summed E-state index contributed by atoms with van der Waals surface area (Å²) in [6, 6.07) is 3.50. The third-order valence-electron chi connectivity index (χ3n) is 2.99. The Kier molecular flexibility index (Phi) is 6.80.